The fourth-order valence-corrected chi connectivity index (χ4v) is 5.53. The molecule has 2 fully saturated rings. The summed E-state index contributed by atoms with van der Waals surface area (Å²) in [6.45, 7) is 4.48. The lowest BCUT2D eigenvalue weighted by molar-refractivity contribution is -0.117. The van der Waals surface area contributed by atoms with Crippen LogP contribution in [0.25, 0.3) is 0 Å². The number of carbonyl (C=O) groups excluding carboxylic acids is 1. The second-order valence-electron chi connectivity index (χ2n) is 8.70. The standard InChI is InChI=1S/C23H32N6O3S/c1-27-13-15-29(16-14-27)33(31,32)21-7-8-22(24-17-21)25-20-9-11-28(12-10-20)18-23(30)26-19-5-3-2-4-6-19/h2-8,17,20H,9-16,18H2,1H3,(H,24,25)(H,26,30). The maximum atomic E-state index is 12.8. The monoisotopic (exact) mass is 472 g/mol. The van der Waals surface area contributed by atoms with Crippen molar-refractivity contribution < 1.29 is 13.2 Å². The number of sulfonamides is 1. The van der Waals surface area contributed by atoms with Gasteiger partial charge in [0.15, 0.2) is 0 Å². The topological polar surface area (TPSA) is 97.9 Å². The van der Waals surface area contributed by atoms with Crippen LogP contribution in [0.15, 0.2) is 53.6 Å². The number of likely N-dealkylation sites (N-methyl/N-ethyl adjacent to an activating group) is 1. The first-order valence-electron chi connectivity index (χ1n) is 11.4. The number of rotatable bonds is 7. The molecule has 0 radical (unpaired) electrons. The first-order chi connectivity index (χ1) is 15.9. The van der Waals surface area contributed by atoms with Gasteiger partial charge in [0.1, 0.15) is 10.7 Å². The Morgan fingerprint density at radius 3 is 2.33 bits per heavy atom. The number of piperidine rings is 1. The van der Waals surface area contributed by atoms with Gasteiger partial charge < -0.3 is 15.5 Å². The summed E-state index contributed by atoms with van der Waals surface area (Å²) in [5, 5.41) is 6.33. The minimum absolute atomic E-state index is 0.00794. The summed E-state index contributed by atoms with van der Waals surface area (Å²) in [4.78, 5) is 21.1. The van der Waals surface area contributed by atoms with Gasteiger partial charge in [-0.3, -0.25) is 9.69 Å². The molecule has 0 atom stereocenters. The average molecular weight is 473 g/mol. The molecule has 9 nitrogen and oxygen atoms in total. The number of nitrogens with one attached hydrogen (secondary N) is 2. The van der Waals surface area contributed by atoms with E-state index in [4.69, 9.17) is 0 Å². The Labute approximate surface area is 195 Å². The van der Waals surface area contributed by atoms with E-state index in [1.807, 2.05) is 37.4 Å². The molecule has 0 unspecified atom stereocenters. The molecular formula is C23H32N6O3S. The summed E-state index contributed by atoms with van der Waals surface area (Å²) >= 11 is 0. The maximum absolute atomic E-state index is 12.8. The normalized spacial score (nSPS) is 19.3. The molecule has 1 amide bonds. The molecule has 2 saturated heterocycles. The number of hydrogen-bond donors (Lipinski definition) is 2. The van der Waals surface area contributed by atoms with Gasteiger partial charge in [-0.25, -0.2) is 13.4 Å². The van der Waals surface area contributed by atoms with Crippen LogP contribution in [-0.2, 0) is 14.8 Å². The molecule has 1 aromatic heterocycles. The van der Waals surface area contributed by atoms with Crippen molar-refractivity contribution in [1.29, 1.82) is 0 Å². The van der Waals surface area contributed by atoms with Crippen LogP contribution in [-0.4, -0.2) is 92.3 Å². The van der Waals surface area contributed by atoms with E-state index in [0.717, 1.165) is 44.7 Å². The second kappa shape index (κ2) is 10.6. The predicted octanol–water partition coefficient (Wildman–Crippen LogP) is 1.53. The second-order valence-corrected chi connectivity index (χ2v) is 10.6. The lowest BCUT2D eigenvalue weighted by atomic mass is 10.1. The molecule has 178 valence electrons. The van der Waals surface area contributed by atoms with E-state index < -0.39 is 10.0 Å². The van der Waals surface area contributed by atoms with Gasteiger partial charge in [-0.15, -0.1) is 0 Å². The minimum Gasteiger partial charge on any atom is -0.367 e. The van der Waals surface area contributed by atoms with Crippen molar-refractivity contribution in [2.75, 3.05) is 63.5 Å². The van der Waals surface area contributed by atoms with E-state index in [-0.39, 0.29) is 16.8 Å². The average Bonchev–Trinajstić information content (AvgIpc) is 2.82. The quantitative estimate of drug-likeness (QED) is 0.631. The largest absolute Gasteiger partial charge is 0.367 e. The molecule has 1 aromatic carbocycles. The summed E-state index contributed by atoms with van der Waals surface area (Å²) in [7, 11) is -1.51. The molecule has 2 aliphatic heterocycles. The third-order valence-corrected chi connectivity index (χ3v) is 8.08. The lowest BCUT2D eigenvalue weighted by Gasteiger charge is -2.32. The van der Waals surface area contributed by atoms with Crippen LogP contribution >= 0.6 is 0 Å². The molecule has 33 heavy (non-hydrogen) atoms. The number of para-hydroxylation sites is 1. The Hall–Kier alpha value is -2.53. The molecule has 10 heteroatoms. The van der Waals surface area contributed by atoms with Crippen LogP contribution in [0.1, 0.15) is 12.8 Å². The highest BCUT2D eigenvalue weighted by molar-refractivity contribution is 7.89. The van der Waals surface area contributed by atoms with Crippen molar-refractivity contribution in [2.24, 2.45) is 0 Å². The number of amides is 1. The Morgan fingerprint density at radius 1 is 1.00 bits per heavy atom. The van der Waals surface area contributed by atoms with Crippen LogP contribution < -0.4 is 10.6 Å². The van der Waals surface area contributed by atoms with Gasteiger partial charge in [-0.2, -0.15) is 4.31 Å². The highest BCUT2D eigenvalue weighted by Gasteiger charge is 2.28. The number of benzene rings is 1. The first-order valence-corrected chi connectivity index (χ1v) is 12.8. The van der Waals surface area contributed by atoms with Gasteiger partial charge in [0.25, 0.3) is 0 Å². The Bertz CT molecular complexity index is 1020. The van der Waals surface area contributed by atoms with E-state index in [1.54, 1.807) is 12.1 Å². The summed E-state index contributed by atoms with van der Waals surface area (Å²) in [6.07, 6.45) is 3.22. The van der Waals surface area contributed by atoms with Crippen LogP contribution in [0.4, 0.5) is 11.5 Å². The molecule has 0 spiro atoms. The minimum atomic E-state index is -3.50. The van der Waals surface area contributed by atoms with Gasteiger partial charge >= 0.3 is 0 Å². The van der Waals surface area contributed by atoms with E-state index in [0.29, 0.717) is 25.5 Å². The van der Waals surface area contributed by atoms with E-state index in [1.165, 1.54) is 10.5 Å². The Kier molecular flexibility index (Phi) is 7.59. The highest BCUT2D eigenvalue weighted by Crippen LogP contribution is 2.20. The lowest BCUT2D eigenvalue weighted by Crippen LogP contribution is -2.47. The number of pyridine rings is 1. The fourth-order valence-electron chi connectivity index (χ4n) is 4.17. The summed E-state index contributed by atoms with van der Waals surface area (Å²) in [6, 6.07) is 13.1. The summed E-state index contributed by atoms with van der Waals surface area (Å²) in [5.74, 6) is 0.666. The number of carbonyl (C=O) groups is 1. The third kappa shape index (κ3) is 6.29. The molecular weight excluding hydrogens is 440 g/mol. The van der Waals surface area contributed by atoms with Crippen molar-refractivity contribution in [2.45, 2.75) is 23.8 Å². The third-order valence-electron chi connectivity index (χ3n) is 6.20. The molecule has 2 aromatic rings. The molecule has 0 saturated carbocycles. The van der Waals surface area contributed by atoms with E-state index in [9.17, 15) is 13.2 Å². The van der Waals surface area contributed by atoms with Crippen molar-refractivity contribution in [3.63, 3.8) is 0 Å². The fraction of sp³-hybridized carbons (Fsp3) is 0.478. The van der Waals surface area contributed by atoms with E-state index >= 15 is 0 Å². The smallest absolute Gasteiger partial charge is 0.244 e. The van der Waals surface area contributed by atoms with Gasteiger partial charge in [-0.1, -0.05) is 18.2 Å². The molecule has 3 heterocycles. The number of hydrogen-bond acceptors (Lipinski definition) is 7. The first kappa shape index (κ1) is 23.6. The van der Waals surface area contributed by atoms with Gasteiger partial charge in [0.05, 0.1) is 6.54 Å². The Balaban J connectivity index is 1.24. The maximum Gasteiger partial charge on any atom is 0.244 e. The summed E-state index contributed by atoms with van der Waals surface area (Å²) in [5.41, 5.74) is 0.809. The zero-order valence-corrected chi connectivity index (χ0v) is 19.8. The van der Waals surface area contributed by atoms with Crippen LogP contribution in [0.3, 0.4) is 0 Å². The van der Waals surface area contributed by atoms with Crippen molar-refractivity contribution in [1.82, 2.24) is 19.1 Å². The number of aromatic nitrogens is 1. The Morgan fingerprint density at radius 2 is 1.70 bits per heavy atom. The van der Waals surface area contributed by atoms with Gasteiger partial charge in [-0.05, 0) is 44.2 Å². The number of piperazine rings is 1. The van der Waals surface area contributed by atoms with Crippen molar-refractivity contribution >= 4 is 27.4 Å². The van der Waals surface area contributed by atoms with E-state index in [2.05, 4.69) is 25.4 Å². The van der Waals surface area contributed by atoms with Crippen molar-refractivity contribution in [3.05, 3.63) is 48.7 Å². The predicted molar refractivity (Wildman–Crippen MR) is 129 cm³/mol. The van der Waals surface area contributed by atoms with Crippen LogP contribution in [0.5, 0.6) is 0 Å². The molecule has 0 bridgehead atoms. The highest BCUT2D eigenvalue weighted by atomic mass is 32.2. The van der Waals surface area contributed by atoms with Gasteiger partial charge in [0, 0.05) is 57.2 Å². The number of likely N-dealkylation sites (tertiary alicyclic amines) is 1. The SMILES string of the molecule is CN1CCN(S(=O)(=O)c2ccc(NC3CCN(CC(=O)Nc4ccccc4)CC3)nc2)CC1. The molecule has 0 aliphatic carbocycles. The van der Waals surface area contributed by atoms with Crippen LogP contribution in [0.2, 0.25) is 0 Å². The zero-order chi connectivity index (χ0) is 23.3. The molecule has 2 aliphatic rings. The van der Waals surface area contributed by atoms with Crippen molar-refractivity contribution in [3.8, 4) is 0 Å². The number of nitrogens with zero attached hydrogens (tertiary/aromatic N) is 4. The molecule has 2 N–H and O–H groups in total. The summed E-state index contributed by atoms with van der Waals surface area (Å²) < 4.78 is 27.2. The number of anilines is 2. The van der Waals surface area contributed by atoms with Crippen LogP contribution in [0, 0.1) is 0 Å². The van der Waals surface area contributed by atoms with Gasteiger partial charge in [0.2, 0.25) is 15.9 Å². The zero-order valence-electron chi connectivity index (χ0n) is 19.0. The molecule has 4 rings (SSSR count).